The Kier molecular flexibility index (Phi) is 2.73. The molecule has 0 atom stereocenters. The van der Waals surface area contributed by atoms with Gasteiger partial charge < -0.3 is 14.9 Å². The molecule has 1 aliphatic heterocycles. The lowest BCUT2D eigenvalue weighted by atomic mass is 10.1. The lowest BCUT2D eigenvalue weighted by Crippen LogP contribution is -2.14. The third kappa shape index (κ3) is 1.96. The smallest absolute Gasteiger partial charge is 0.453 e. The van der Waals surface area contributed by atoms with Crippen molar-refractivity contribution in [3.05, 3.63) is 35.9 Å². The van der Waals surface area contributed by atoms with Crippen LogP contribution in [0.2, 0.25) is 0 Å². The van der Waals surface area contributed by atoms with Crippen molar-refractivity contribution >= 4 is 13.4 Å². The van der Waals surface area contributed by atoms with Crippen molar-refractivity contribution in [2.75, 3.05) is 6.61 Å². The molecule has 86 valence electrons. The summed E-state index contributed by atoms with van der Waals surface area (Å²) >= 11 is 0. The van der Waals surface area contributed by atoms with E-state index < -0.39 is 7.75 Å². The third-order valence-corrected chi connectivity index (χ3v) is 2.90. The number of benzene rings is 1. The minimum absolute atomic E-state index is 0.0577. The summed E-state index contributed by atoms with van der Waals surface area (Å²) in [6, 6.07) is 6.27. The number of nitrogens with zero attached hydrogens (tertiary/aromatic N) is 1. The summed E-state index contributed by atoms with van der Waals surface area (Å²) in [5.41, 5.74) is 0.495. The largest absolute Gasteiger partial charge is 0.507 e. The van der Waals surface area contributed by atoms with Crippen LogP contribution in [0.3, 0.4) is 0 Å². The maximum Gasteiger partial charge on any atom is 0.453 e. The zero-order valence-corrected chi connectivity index (χ0v) is 9.04. The quantitative estimate of drug-likeness (QED) is 0.673. The van der Waals surface area contributed by atoms with Gasteiger partial charge in [0.1, 0.15) is 5.75 Å². The van der Waals surface area contributed by atoms with E-state index in [4.69, 9.17) is 14.6 Å². The van der Waals surface area contributed by atoms with Crippen molar-refractivity contribution in [1.29, 1.82) is 0 Å². The molecule has 0 saturated carbocycles. The van der Waals surface area contributed by atoms with Crippen LogP contribution in [0, 0.1) is 0 Å². The van der Waals surface area contributed by atoms with E-state index in [1.165, 1.54) is 12.1 Å². The molecule has 0 amide bonds. The summed E-state index contributed by atoms with van der Waals surface area (Å²) in [7, 11) is -4.52. The molecular formula is C9H10NO5P. The molecule has 0 aliphatic carbocycles. The maximum absolute atomic E-state index is 11.1. The van der Waals surface area contributed by atoms with Gasteiger partial charge in [-0.1, -0.05) is 12.1 Å². The van der Waals surface area contributed by atoms with Crippen LogP contribution in [-0.2, 0) is 9.40 Å². The summed E-state index contributed by atoms with van der Waals surface area (Å²) in [6.45, 7) is 0.0643. The average molecular weight is 243 g/mol. The van der Waals surface area contributed by atoms with Crippen LogP contribution in [-0.4, -0.2) is 26.3 Å². The second-order valence-corrected chi connectivity index (χ2v) is 4.58. The fraction of sp³-hybridized carbons (Fsp3) is 0.111. The van der Waals surface area contributed by atoms with Crippen molar-refractivity contribution in [2.24, 2.45) is 0 Å². The predicted molar refractivity (Wildman–Crippen MR) is 55.9 cm³/mol. The molecule has 0 radical (unpaired) electrons. The number of phenolic OH excluding ortho intramolecular Hbond substituents is 1. The Labute approximate surface area is 91.6 Å². The first kappa shape index (κ1) is 11.2. The highest BCUT2D eigenvalue weighted by atomic mass is 31.2. The van der Waals surface area contributed by atoms with Crippen LogP contribution in [0.15, 0.2) is 30.3 Å². The summed E-state index contributed by atoms with van der Waals surface area (Å²) in [5.74, 6) is -0.0577. The third-order valence-electron chi connectivity index (χ3n) is 2.10. The van der Waals surface area contributed by atoms with Crippen LogP contribution in [0.4, 0.5) is 0 Å². The molecule has 1 aromatic rings. The molecule has 7 heteroatoms. The number of para-hydroxylation sites is 1. The van der Waals surface area contributed by atoms with Gasteiger partial charge in [0.25, 0.3) is 0 Å². The Morgan fingerprint density at radius 1 is 1.31 bits per heavy atom. The predicted octanol–water partition coefficient (Wildman–Crippen LogP) is 1.07. The topological polar surface area (TPSA) is 90.2 Å². The molecule has 3 N–H and O–H groups in total. The van der Waals surface area contributed by atoms with Crippen LogP contribution in [0.1, 0.15) is 5.56 Å². The van der Waals surface area contributed by atoms with E-state index in [9.17, 15) is 9.67 Å². The number of rotatable bonds is 2. The molecule has 0 aromatic heterocycles. The van der Waals surface area contributed by atoms with Gasteiger partial charge in [0, 0.05) is 5.56 Å². The first-order valence-corrected chi connectivity index (χ1v) is 6.04. The Morgan fingerprint density at radius 2 is 2.00 bits per heavy atom. The fourth-order valence-electron chi connectivity index (χ4n) is 1.45. The Bertz CT molecular complexity index is 481. The number of hydrogen-bond donors (Lipinski definition) is 3. The molecule has 1 aliphatic rings. The van der Waals surface area contributed by atoms with E-state index in [-0.39, 0.29) is 18.1 Å². The molecule has 0 spiro atoms. The second kappa shape index (κ2) is 3.92. The van der Waals surface area contributed by atoms with E-state index in [1.807, 2.05) is 0 Å². The highest BCUT2D eigenvalue weighted by molar-refractivity contribution is 7.49. The van der Waals surface area contributed by atoms with Crippen LogP contribution < -0.4 is 0 Å². The van der Waals surface area contributed by atoms with Gasteiger partial charge in [-0.2, -0.15) is 4.83 Å². The van der Waals surface area contributed by atoms with E-state index >= 15 is 0 Å². The first-order valence-electron chi connectivity index (χ1n) is 4.48. The Hall–Kier alpha value is -1.33. The van der Waals surface area contributed by atoms with Gasteiger partial charge in [0.2, 0.25) is 0 Å². The molecule has 0 unspecified atom stereocenters. The number of aromatic hydroxyl groups is 1. The molecule has 1 heterocycles. The van der Waals surface area contributed by atoms with Gasteiger partial charge in [0.05, 0.1) is 12.3 Å². The second-order valence-electron chi connectivity index (χ2n) is 3.19. The van der Waals surface area contributed by atoms with Crippen molar-refractivity contribution in [2.45, 2.75) is 0 Å². The minimum Gasteiger partial charge on any atom is -0.507 e. The van der Waals surface area contributed by atoms with Crippen molar-refractivity contribution in [3.8, 4) is 5.75 Å². The molecule has 6 nitrogen and oxygen atoms in total. The van der Waals surface area contributed by atoms with E-state index in [0.29, 0.717) is 10.4 Å². The van der Waals surface area contributed by atoms with E-state index in [2.05, 4.69) is 0 Å². The number of phenols is 1. The standard InChI is InChI=1S/C9H10NO5P/c11-9-4-2-1-3-7(9)8-5-6-15-10(8)16(12,13)14/h1-5,11H,6H2,(H2,12,13,14). The van der Waals surface area contributed by atoms with E-state index in [1.54, 1.807) is 18.2 Å². The number of hydrogen-bond acceptors (Lipinski definition) is 3. The lowest BCUT2D eigenvalue weighted by molar-refractivity contribution is -0.0267. The zero-order chi connectivity index (χ0) is 11.8. The Balaban J connectivity index is 2.42. The normalized spacial score (nSPS) is 16.4. The summed E-state index contributed by atoms with van der Waals surface area (Å²) in [6.07, 6.45) is 1.49. The van der Waals surface area contributed by atoms with Crippen LogP contribution in [0.5, 0.6) is 5.75 Å². The van der Waals surface area contributed by atoms with Gasteiger partial charge in [-0.25, -0.2) is 4.57 Å². The van der Waals surface area contributed by atoms with Gasteiger partial charge in [-0.15, -0.1) is 0 Å². The first-order chi connectivity index (χ1) is 7.50. The van der Waals surface area contributed by atoms with E-state index in [0.717, 1.165) is 0 Å². The van der Waals surface area contributed by atoms with Gasteiger partial charge in [-0.3, -0.25) is 4.84 Å². The zero-order valence-electron chi connectivity index (χ0n) is 8.15. The van der Waals surface area contributed by atoms with Crippen LogP contribution in [0.25, 0.3) is 5.70 Å². The average Bonchev–Trinajstić information content (AvgIpc) is 2.66. The highest BCUT2D eigenvalue weighted by Gasteiger charge is 2.33. The summed E-state index contributed by atoms with van der Waals surface area (Å²) in [4.78, 5) is 23.4. The maximum atomic E-state index is 11.1. The van der Waals surface area contributed by atoms with Crippen molar-refractivity contribution in [3.63, 3.8) is 0 Å². The van der Waals surface area contributed by atoms with Gasteiger partial charge in [-0.05, 0) is 18.2 Å². The van der Waals surface area contributed by atoms with Gasteiger partial charge in [0.15, 0.2) is 0 Å². The lowest BCUT2D eigenvalue weighted by Gasteiger charge is -2.21. The minimum atomic E-state index is -4.52. The highest BCUT2D eigenvalue weighted by Crippen LogP contribution is 2.49. The monoisotopic (exact) mass is 243 g/mol. The number of hydroxylamine groups is 1. The van der Waals surface area contributed by atoms with Gasteiger partial charge >= 0.3 is 7.75 Å². The summed E-state index contributed by atoms with van der Waals surface area (Å²) < 4.78 is 11.1. The van der Waals surface area contributed by atoms with Crippen molar-refractivity contribution < 1.29 is 24.3 Å². The molecular weight excluding hydrogens is 233 g/mol. The summed E-state index contributed by atoms with van der Waals surface area (Å²) in [5, 5.41) is 9.58. The molecule has 16 heavy (non-hydrogen) atoms. The van der Waals surface area contributed by atoms with Crippen LogP contribution >= 0.6 is 7.75 Å². The SMILES string of the molecule is O=P(O)(O)N1OCC=C1c1ccccc1O. The van der Waals surface area contributed by atoms with Crippen molar-refractivity contribution in [1.82, 2.24) is 4.83 Å². The fourth-order valence-corrected chi connectivity index (χ4v) is 2.14. The molecule has 0 bridgehead atoms. The molecule has 0 fully saturated rings. The molecule has 1 aromatic carbocycles. The molecule has 0 saturated heterocycles. The molecule has 2 rings (SSSR count). The Morgan fingerprint density at radius 3 is 2.62 bits per heavy atom.